The highest BCUT2D eigenvalue weighted by Crippen LogP contribution is 2.27. The second-order valence-electron chi connectivity index (χ2n) is 3.67. The third-order valence-electron chi connectivity index (χ3n) is 2.35. The number of para-hydroxylation sites is 2. The normalized spacial score (nSPS) is 9.20. The molecule has 6 heteroatoms. The fourth-order valence-electron chi connectivity index (χ4n) is 1.29. The highest BCUT2D eigenvalue weighted by molar-refractivity contribution is 5.81. The Morgan fingerprint density at radius 2 is 1.00 bits per heavy atom. The lowest BCUT2D eigenvalue weighted by Crippen LogP contribution is -1.79. The van der Waals surface area contributed by atoms with Crippen molar-refractivity contribution in [2.75, 3.05) is 0 Å². The Morgan fingerprint density at radius 1 is 0.650 bits per heavy atom. The largest absolute Gasteiger partial charge is 0.504 e. The maximum absolute atomic E-state index is 10.1. The summed E-state index contributed by atoms with van der Waals surface area (Å²) in [5.74, 6) is -1.27. The first-order valence-electron chi connectivity index (χ1n) is 5.43. The molecular weight excluding hydrogens is 264 g/mol. The molecule has 2 rings (SSSR count). The molecule has 0 fully saturated rings. The number of phenols is 4. The van der Waals surface area contributed by atoms with Crippen molar-refractivity contribution < 1.29 is 30.0 Å². The van der Waals surface area contributed by atoms with Crippen LogP contribution < -0.4 is 0 Å². The van der Waals surface area contributed by atoms with E-state index in [2.05, 4.69) is 0 Å². The van der Waals surface area contributed by atoms with E-state index < -0.39 is 0 Å². The zero-order valence-corrected chi connectivity index (χ0v) is 10.2. The Hall–Kier alpha value is -3.02. The van der Waals surface area contributed by atoms with E-state index in [0.29, 0.717) is 12.6 Å². The average molecular weight is 276 g/mol. The Kier molecular flexibility index (Phi) is 5.11. The molecule has 0 saturated carbocycles. The van der Waals surface area contributed by atoms with Crippen molar-refractivity contribution in [2.45, 2.75) is 0 Å². The van der Waals surface area contributed by atoms with Gasteiger partial charge in [0.15, 0.2) is 35.6 Å². The number of aromatic hydroxyl groups is 4. The molecule has 4 N–H and O–H groups in total. The first-order chi connectivity index (χ1) is 9.51. The molecule has 20 heavy (non-hydrogen) atoms. The zero-order valence-electron chi connectivity index (χ0n) is 10.2. The number of carbonyl (C=O) groups is 2. The molecular formula is C14H12O6. The molecule has 0 aromatic heterocycles. The van der Waals surface area contributed by atoms with Crippen LogP contribution in [0.25, 0.3) is 0 Å². The van der Waals surface area contributed by atoms with E-state index in [1.54, 1.807) is 0 Å². The fourth-order valence-corrected chi connectivity index (χ4v) is 1.29. The molecule has 0 unspecified atom stereocenters. The van der Waals surface area contributed by atoms with E-state index in [-0.39, 0.29) is 34.1 Å². The van der Waals surface area contributed by atoms with Gasteiger partial charge in [0.25, 0.3) is 0 Å². The number of carbonyl (C=O) groups excluding carboxylic acids is 2. The molecule has 0 aliphatic rings. The summed E-state index contributed by atoms with van der Waals surface area (Å²) in [4.78, 5) is 20.2. The zero-order chi connectivity index (χ0) is 15.1. The van der Waals surface area contributed by atoms with Crippen LogP contribution in [0.4, 0.5) is 0 Å². The van der Waals surface area contributed by atoms with Crippen molar-refractivity contribution in [1.82, 2.24) is 0 Å². The minimum absolute atomic E-state index is 0.0972. The van der Waals surface area contributed by atoms with E-state index in [9.17, 15) is 9.59 Å². The fraction of sp³-hybridized carbons (Fsp3) is 0. The first-order valence-corrected chi connectivity index (χ1v) is 5.43. The van der Waals surface area contributed by atoms with Crippen molar-refractivity contribution in [3.63, 3.8) is 0 Å². The standard InChI is InChI=1S/2C7H6O3/c2*8-4-5-2-1-3-6(9)7(5)10/h2*1-4,9-10H. The SMILES string of the molecule is O=Cc1cccc(O)c1O.O=Cc1cccc(O)c1O. The van der Waals surface area contributed by atoms with Crippen molar-refractivity contribution in [2.24, 2.45) is 0 Å². The smallest absolute Gasteiger partial charge is 0.168 e. The summed E-state index contributed by atoms with van der Waals surface area (Å²) < 4.78 is 0. The maximum Gasteiger partial charge on any atom is 0.168 e. The van der Waals surface area contributed by atoms with Crippen LogP contribution in [0.2, 0.25) is 0 Å². The Balaban J connectivity index is 0.000000200. The summed E-state index contributed by atoms with van der Waals surface area (Å²) >= 11 is 0. The Bertz CT molecular complexity index is 566. The van der Waals surface area contributed by atoms with Gasteiger partial charge in [-0.2, -0.15) is 0 Å². The van der Waals surface area contributed by atoms with Crippen LogP contribution >= 0.6 is 0 Å². The molecule has 104 valence electrons. The molecule has 0 heterocycles. The van der Waals surface area contributed by atoms with E-state index in [1.807, 2.05) is 0 Å². The molecule has 2 aromatic rings. The number of hydrogen-bond acceptors (Lipinski definition) is 6. The Morgan fingerprint density at radius 3 is 1.25 bits per heavy atom. The summed E-state index contributed by atoms with van der Waals surface area (Å²) in [5, 5.41) is 35.5. The quantitative estimate of drug-likeness (QED) is 0.491. The van der Waals surface area contributed by atoms with Crippen molar-refractivity contribution in [3.8, 4) is 23.0 Å². The number of phenolic OH excluding ortho intramolecular Hbond substituents is 4. The van der Waals surface area contributed by atoms with Gasteiger partial charge in [0.2, 0.25) is 0 Å². The van der Waals surface area contributed by atoms with Crippen LogP contribution in [0.3, 0.4) is 0 Å². The molecule has 0 atom stereocenters. The van der Waals surface area contributed by atoms with Gasteiger partial charge >= 0.3 is 0 Å². The van der Waals surface area contributed by atoms with Crippen molar-refractivity contribution in [1.29, 1.82) is 0 Å². The van der Waals surface area contributed by atoms with Crippen LogP contribution in [0.15, 0.2) is 36.4 Å². The lowest BCUT2D eigenvalue weighted by atomic mass is 10.2. The van der Waals surface area contributed by atoms with Gasteiger partial charge in [-0.15, -0.1) is 0 Å². The van der Waals surface area contributed by atoms with E-state index >= 15 is 0 Å². The second kappa shape index (κ2) is 6.79. The summed E-state index contributed by atoms with van der Waals surface area (Å²) in [6, 6.07) is 8.42. The summed E-state index contributed by atoms with van der Waals surface area (Å²) in [6.07, 6.45) is 0.962. The summed E-state index contributed by atoms with van der Waals surface area (Å²) in [7, 11) is 0. The highest BCUT2D eigenvalue weighted by atomic mass is 16.3. The van der Waals surface area contributed by atoms with Crippen LogP contribution in [0.5, 0.6) is 23.0 Å². The molecule has 0 spiro atoms. The monoisotopic (exact) mass is 276 g/mol. The first kappa shape index (κ1) is 15.0. The third kappa shape index (κ3) is 3.49. The molecule has 0 amide bonds. The van der Waals surface area contributed by atoms with Crippen LogP contribution in [-0.2, 0) is 0 Å². The number of hydrogen-bond donors (Lipinski definition) is 4. The second-order valence-corrected chi connectivity index (χ2v) is 3.67. The van der Waals surface area contributed by atoms with Gasteiger partial charge in [0, 0.05) is 0 Å². The average Bonchev–Trinajstić information content (AvgIpc) is 2.45. The molecule has 0 saturated heterocycles. The predicted molar refractivity (Wildman–Crippen MR) is 70.3 cm³/mol. The van der Waals surface area contributed by atoms with Gasteiger partial charge < -0.3 is 20.4 Å². The van der Waals surface area contributed by atoms with E-state index in [1.165, 1.54) is 36.4 Å². The maximum atomic E-state index is 10.1. The lowest BCUT2D eigenvalue weighted by Gasteiger charge is -1.97. The van der Waals surface area contributed by atoms with Gasteiger partial charge in [-0.25, -0.2) is 0 Å². The van der Waals surface area contributed by atoms with Gasteiger partial charge in [-0.05, 0) is 24.3 Å². The van der Waals surface area contributed by atoms with Gasteiger partial charge in [-0.3, -0.25) is 9.59 Å². The Labute approximate surface area is 114 Å². The molecule has 2 aromatic carbocycles. The number of aldehydes is 2. The minimum Gasteiger partial charge on any atom is -0.504 e. The number of rotatable bonds is 2. The van der Waals surface area contributed by atoms with E-state index in [0.717, 1.165) is 0 Å². The van der Waals surface area contributed by atoms with Crippen LogP contribution in [0, 0.1) is 0 Å². The molecule has 6 nitrogen and oxygen atoms in total. The highest BCUT2D eigenvalue weighted by Gasteiger charge is 2.03. The summed E-state index contributed by atoms with van der Waals surface area (Å²) in [5.41, 5.74) is 0.194. The van der Waals surface area contributed by atoms with Crippen LogP contribution in [0.1, 0.15) is 20.7 Å². The molecule has 0 aliphatic carbocycles. The van der Waals surface area contributed by atoms with Gasteiger partial charge in [0.05, 0.1) is 11.1 Å². The van der Waals surface area contributed by atoms with E-state index in [4.69, 9.17) is 20.4 Å². The lowest BCUT2D eigenvalue weighted by molar-refractivity contribution is 0.111. The van der Waals surface area contributed by atoms with Gasteiger partial charge in [0.1, 0.15) is 0 Å². The van der Waals surface area contributed by atoms with Crippen molar-refractivity contribution in [3.05, 3.63) is 47.5 Å². The molecule has 0 bridgehead atoms. The third-order valence-corrected chi connectivity index (χ3v) is 2.35. The predicted octanol–water partition coefficient (Wildman–Crippen LogP) is 1.82. The number of benzene rings is 2. The van der Waals surface area contributed by atoms with Crippen molar-refractivity contribution >= 4 is 12.6 Å². The van der Waals surface area contributed by atoms with Crippen LogP contribution in [-0.4, -0.2) is 33.0 Å². The summed E-state index contributed by atoms with van der Waals surface area (Å²) in [6.45, 7) is 0. The minimum atomic E-state index is -0.363. The molecule has 0 radical (unpaired) electrons. The van der Waals surface area contributed by atoms with Gasteiger partial charge in [-0.1, -0.05) is 12.1 Å². The molecule has 0 aliphatic heterocycles. The topological polar surface area (TPSA) is 115 Å².